The predicted molar refractivity (Wildman–Crippen MR) is 82.4 cm³/mol. The molecule has 0 aliphatic heterocycles. The van der Waals surface area contributed by atoms with E-state index in [0.717, 1.165) is 16.8 Å². The summed E-state index contributed by atoms with van der Waals surface area (Å²) < 4.78 is 0. The minimum absolute atomic E-state index is 0.170. The number of nitrogen functional groups attached to an aromatic ring is 1. The molecule has 3 rings (SSSR count). The number of anilines is 1. The molecule has 1 heterocycles. The van der Waals surface area contributed by atoms with Crippen molar-refractivity contribution in [2.24, 2.45) is 5.84 Å². The summed E-state index contributed by atoms with van der Waals surface area (Å²) in [6, 6.07) is 18.4. The SMILES string of the molecule is NNc1cc(-c2ccccc2)nc(-c2cccc(O)c2)n1. The number of benzene rings is 2. The molecule has 5 nitrogen and oxygen atoms in total. The first-order chi connectivity index (χ1) is 10.3. The Hall–Kier alpha value is -2.92. The van der Waals surface area contributed by atoms with Gasteiger partial charge in [0.15, 0.2) is 5.82 Å². The van der Waals surface area contributed by atoms with Gasteiger partial charge in [0.25, 0.3) is 0 Å². The van der Waals surface area contributed by atoms with E-state index in [1.807, 2.05) is 36.4 Å². The van der Waals surface area contributed by atoms with Gasteiger partial charge in [-0.1, -0.05) is 42.5 Å². The highest BCUT2D eigenvalue weighted by Gasteiger charge is 2.08. The fourth-order valence-electron chi connectivity index (χ4n) is 2.05. The van der Waals surface area contributed by atoms with E-state index in [1.165, 1.54) is 0 Å². The van der Waals surface area contributed by atoms with Gasteiger partial charge >= 0.3 is 0 Å². The first kappa shape index (κ1) is 13.1. The monoisotopic (exact) mass is 278 g/mol. The van der Waals surface area contributed by atoms with Crippen LogP contribution in [0.25, 0.3) is 22.6 Å². The molecule has 0 spiro atoms. The molecule has 0 amide bonds. The van der Waals surface area contributed by atoms with Crippen LogP contribution in [0.5, 0.6) is 5.75 Å². The Morgan fingerprint density at radius 3 is 2.33 bits per heavy atom. The average molecular weight is 278 g/mol. The molecule has 5 heteroatoms. The molecule has 0 aliphatic carbocycles. The van der Waals surface area contributed by atoms with Crippen molar-refractivity contribution in [2.45, 2.75) is 0 Å². The topological polar surface area (TPSA) is 84.1 Å². The summed E-state index contributed by atoms with van der Waals surface area (Å²) in [4.78, 5) is 8.88. The molecule has 3 aromatic rings. The number of aromatic nitrogens is 2. The van der Waals surface area contributed by atoms with Crippen LogP contribution in [0.2, 0.25) is 0 Å². The van der Waals surface area contributed by atoms with Crippen LogP contribution in [0.4, 0.5) is 5.82 Å². The van der Waals surface area contributed by atoms with E-state index in [4.69, 9.17) is 5.84 Å². The third kappa shape index (κ3) is 2.82. The summed E-state index contributed by atoms with van der Waals surface area (Å²) in [6.45, 7) is 0. The second kappa shape index (κ2) is 5.60. The van der Waals surface area contributed by atoms with Crippen molar-refractivity contribution in [3.8, 4) is 28.4 Å². The first-order valence-corrected chi connectivity index (χ1v) is 6.47. The number of aromatic hydroxyl groups is 1. The van der Waals surface area contributed by atoms with Crippen LogP contribution < -0.4 is 11.3 Å². The Bertz CT molecular complexity index is 759. The predicted octanol–water partition coefficient (Wildman–Crippen LogP) is 2.80. The molecule has 0 fully saturated rings. The summed E-state index contributed by atoms with van der Waals surface area (Å²) in [6.07, 6.45) is 0. The fraction of sp³-hybridized carbons (Fsp3) is 0. The van der Waals surface area contributed by atoms with Gasteiger partial charge in [-0.15, -0.1) is 0 Å². The van der Waals surface area contributed by atoms with Crippen molar-refractivity contribution < 1.29 is 5.11 Å². The van der Waals surface area contributed by atoms with Crippen molar-refractivity contribution in [2.75, 3.05) is 5.43 Å². The minimum atomic E-state index is 0.170. The van der Waals surface area contributed by atoms with Gasteiger partial charge in [-0.05, 0) is 12.1 Å². The number of phenolic OH excluding ortho intramolecular Hbond substituents is 1. The molecule has 2 aromatic carbocycles. The standard InChI is InChI=1S/C16H14N4O/c17-20-15-10-14(11-5-2-1-3-6-11)18-16(19-15)12-7-4-8-13(21)9-12/h1-10,21H,17H2,(H,18,19,20). The number of nitrogens with zero attached hydrogens (tertiary/aromatic N) is 2. The Morgan fingerprint density at radius 1 is 0.857 bits per heavy atom. The summed E-state index contributed by atoms with van der Waals surface area (Å²) in [5, 5.41) is 9.59. The van der Waals surface area contributed by atoms with Crippen LogP contribution in [-0.2, 0) is 0 Å². The second-order valence-corrected chi connectivity index (χ2v) is 4.52. The molecule has 104 valence electrons. The summed E-state index contributed by atoms with van der Waals surface area (Å²) >= 11 is 0. The van der Waals surface area contributed by atoms with Gasteiger partial charge in [0.1, 0.15) is 11.6 Å². The summed E-state index contributed by atoms with van der Waals surface area (Å²) in [5.74, 6) is 6.67. The number of hydrogen-bond donors (Lipinski definition) is 3. The Balaban J connectivity index is 2.14. The molecule has 0 radical (unpaired) electrons. The average Bonchev–Trinajstić information content (AvgIpc) is 2.55. The maximum atomic E-state index is 9.59. The lowest BCUT2D eigenvalue weighted by atomic mass is 10.1. The van der Waals surface area contributed by atoms with Crippen LogP contribution in [-0.4, -0.2) is 15.1 Å². The molecule has 0 aliphatic rings. The van der Waals surface area contributed by atoms with Crippen molar-refractivity contribution in [3.63, 3.8) is 0 Å². The van der Waals surface area contributed by atoms with Gasteiger partial charge in [-0.3, -0.25) is 0 Å². The lowest BCUT2D eigenvalue weighted by Gasteiger charge is -2.08. The van der Waals surface area contributed by atoms with E-state index in [0.29, 0.717) is 11.6 Å². The van der Waals surface area contributed by atoms with E-state index < -0.39 is 0 Å². The van der Waals surface area contributed by atoms with Gasteiger partial charge in [0.05, 0.1) is 5.69 Å². The van der Waals surface area contributed by atoms with Crippen LogP contribution in [0.3, 0.4) is 0 Å². The fourth-order valence-corrected chi connectivity index (χ4v) is 2.05. The molecule has 0 saturated carbocycles. The van der Waals surface area contributed by atoms with Gasteiger partial charge < -0.3 is 10.5 Å². The first-order valence-electron chi connectivity index (χ1n) is 6.47. The zero-order chi connectivity index (χ0) is 14.7. The van der Waals surface area contributed by atoms with E-state index in [2.05, 4.69) is 15.4 Å². The zero-order valence-electron chi connectivity index (χ0n) is 11.2. The number of rotatable bonds is 3. The molecule has 0 atom stereocenters. The van der Waals surface area contributed by atoms with E-state index >= 15 is 0 Å². The lowest BCUT2D eigenvalue weighted by molar-refractivity contribution is 0.475. The Morgan fingerprint density at radius 2 is 1.62 bits per heavy atom. The minimum Gasteiger partial charge on any atom is -0.508 e. The summed E-state index contributed by atoms with van der Waals surface area (Å²) in [5.41, 5.74) is 5.01. The highest BCUT2D eigenvalue weighted by Crippen LogP contribution is 2.25. The van der Waals surface area contributed by atoms with Gasteiger partial charge in [-0.25, -0.2) is 15.8 Å². The smallest absolute Gasteiger partial charge is 0.162 e. The van der Waals surface area contributed by atoms with Crippen molar-refractivity contribution in [1.82, 2.24) is 9.97 Å². The molecule has 0 saturated heterocycles. The molecule has 0 bridgehead atoms. The van der Waals surface area contributed by atoms with Gasteiger partial charge in [-0.2, -0.15) is 0 Å². The van der Waals surface area contributed by atoms with Gasteiger partial charge in [0, 0.05) is 17.2 Å². The van der Waals surface area contributed by atoms with Crippen LogP contribution in [0.1, 0.15) is 0 Å². The maximum Gasteiger partial charge on any atom is 0.162 e. The van der Waals surface area contributed by atoms with Crippen molar-refractivity contribution in [1.29, 1.82) is 0 Å². The van der Waals surface area contributed by atoms with E-state index in [1.54, 1.807) is 24.3 Å². The third-order valence-electron chi connectivity index (χ3n) is 3.05. The van der Waals surface area contributed by atoms with Crippen molar-refractivity contribution in [3.05, 3.63) is 60.7 Å². The van der Waals surface area contributed by atoms with E-state index in [-0.39, 0.29) is 5.75 Å². The Labute approximate surface area is 122 Å². The zero-order valence-corrected chi connectivity index (χ0v) is 11.2. The second-order valence-electron chi connectivity index (χ2n) is 4.52. The highest BCUT2D eigenvalue weighted by molar-refractivity contribution is 5.67. The maximum absolute atomic E-state index is 9.59. The number of nitrogens with two attached hydrogens (primary N) is 1. The Kier molecular flexibility index (Phi) is 3.49. The molecule has 0 unspecified atom stereocenters. The van der Waals surface area contributed by atoms with Gasteiger partial charge in [0.2, 0.25) is 0 Å². The molecule has 4 N–H and O–H groups in total. The number of phenols is 1. The number of nitrogens with one attached hydrogen (secondary N) is 1. The number of hydrazine groups is 1. The van der Waals surface area contributed by atoms with E-state index in [9.17, 15) is 5.11 Å². The molecular formula is C16H14N4O. The quantitative estimate of drug-likeness (QED) is 0.507. The summed E-state index contributed by atoms with van der Waals surface area (Å²) in [7, 11) is 0. The molecule has 21 heavy (non-hydrogen) atoms. The normalized spacial score (nSPS) is 10.3. The molecule has 1 aromatic heterocycles. The van der Waals surface area contributed by atoms with Crippen molar-refractivity contribution >= 4 is 5.82 Å². The largest absolute Gasteiger partial charge is 0.508 e. The lowest BCUT2D eigenvalue weighted by Crippen LogP contribution is -2.09. The van der Waals surface area contributed by atoms with Crippen LogP contribution in [0, 0.1) is 0 Å². The molecular weight excluding hydrogens is 264 g/mol. The highest BCUT2D eigenvalue weighted by atomic mass is 16.3. The number of hydrogen-bond acceptors (Lipinski definition) is 5. The van der Waals surface area contributed by atoms with Crippen LogP contribution >= 0.6 is 0 Å². The third-order valence-corrected chi connectivity index (χ3v) is 3.05. The van der Waals surface area contributed by atoms with Crippen LogP contribution in [0.15, 0.2) is 60.7 Å².